The molecule has 1 rings (SSSR count). The lowest BCUT2D eigenvalue weighted by Gasteiger charge is -2.20. The molecule has 1 atom stereocenters. The molecule has 4 nitrogen and oxygen atoms in total. The first-order valence-electron chi connectivity index (χ1n) is 4.46. The molecule has 0 radical (unpaired) electrons. The highest BCUT2D eigenvalue weighted by molar-refractivity contribution is 7.98. The Labute approximate surface area is 88.9 Å². The van der Waals surface area contributed by atoms with Crippen molar-refractivity contribution in [3.63, 3.8) is 0 Å². The van der Waals surface area contributed by atoms with Crippen molar-refractivity contribution < 1.29 is 0 Å². The topological polar surface area (TPSA) is 55.0 Å². The summed E-state index contributed by atoms with van der Waals surface area (Å²) >= 11 is 1.61. The fourth-order valence-electron chi connectivity index (χ4n) is 1.18. The summed E-state index contributed by atoms with van der Waals surface area (Å²) in [5.74, 6) is 0.918. The smallest absolute Gasteiger partial charge is 0.132 e. The van der Waals surface area contributed by atoms with E-state index in [0.29, 0.717) is 0 Å². The lowest BCUT2D eigenvalue weighted by molar-refractivity contribution is 0.709. The van der Waals surface area contributed by atoms with Gasteiger partial charge in [-0.2, -0.15) is 0 Å². The molecule has 0 aromatic carbocycles. The molecule has 0 saturated heterocycles. The Hall–Kier alpha value is -0.810. The summed E-state index contributed by atoms with van der Waals surface area (Å²) < 4.78 is 0. The number of rotatable bonds is 4. The predicted octanol–water partition coefficient (Wildman–Crippen LogP) is 0.982. The summed E-state index contributed by atoms with van der Waals surface area (Å²) in [7, 11) is 1.98. The van der Waals surface area contributed by atoms with E-state index in [0.717, 1.165) is 17.4 Å². The van der Waals surface area contributed by atoms with Gasteiger partial charge in [0, 0.05) is 25.7 Å². The molecule has 0 saturated carbocycles. The minimum Gasteiger partial charge on any atom is -0.358 e. The van der Waals surface area contributed by atoms with Gasteiger partial charge >= 0.3 is 0 Å². The summed E-state index contributed by atoms with van der Waals surface area (Å²) in [6.07, 6.45) is 3.58. The zero-order chi connectivity index (χ0) is 10.6. The van der Waals surface area contributed by atoms with Gasteiger partial charge in [0.15, 0.2) is 0 Å². The highest BCUT2D eigenvalue weighted by Gasteiger charge is 2.05. The molecule has 1 aromatic heterocycles. The van der Waals surface area contributed by atoms with E-state index < -0.39 is 0 Å². The molecule has 78 valence electrons. The highest BCUT2D eigenvalue weighted by atomic mass is 32.2. The van der Waals surface area contributed by atoms with Crippen LogP contribution in [0.5, 0.6) is 0 Å². The van der Waals surface area contributed by atoms with E-state index in [4.69, 9.17) is 5.73 Å². The van der Waals surface area contributed by atoms with Crippen LogP contribution in [0.2, 0.25) is 0 Å². The van der Waals surface area contributed by atoms with E-state index in [1.807, 2.05) is 31.2 Å². The maximum atomic E-state index is 5.71. The van der Waals surface area contributed by atoms with Crippen molar-refractivity contribution in [2.45, 2.75) is 18.0 Å². The van der Waals surface area contributed by atoms with E-state index in [-0.39, 0.29) is 6.04 Å². The van der Waals surface area contributed by atoms with Crippen LogP contribution in [0.15, 0.2) is 17.4 Å². The monoisotopic (exact) mass is 212 g/mol. The van der Waals surface area contributed by atoms with Gasteiger partial charge in [0.1, 0.15) is 17.2 Å². The largest absolute Gasteiger partial charge is 0.358 e. The quantitative estimate of drug-likeness (QED) is 0.595. The van der Waals surface area contributed by atoms with Crippen LogP contribution in [0.25, 0.3) is 0 Å². The molecular formula is C9H16N4S. The SMILES string of the molecule is CSc1cc(N(C)CC(C)N)ncn1. The van der Waals surface area contributed by atoms with Crippen LogP contribution in [-0.4, -0.2) is 35.9 Å². The van der Waals surface area contributed by atoms with Crippen molar-refractivity contribution in [2.24, 2.45) is 5.73 Å². The van der Waals surface area contributed by atoms with Gasteiger partial charge < -0.3 is 10.6 Å². The Balaban J connectivity index is 2.73. The number of aromatic nitrogens is 2. The van der Waals surface area contributed by atoms with Crippen LogP contribution in [0, 0.1) is 0 Å². The number of hydrogen-bond acceptors (Lipinski definition) is 5. The van der Waals surface area contributed by atoms with Crippen molar-refractivity contribution in [3.8, 4) is 0 Å². The second kappa shape index (κ2) is 5.17. The molecule has 0 fully saturated rings. The first kappa shape index (κ1) is 11.3. The Morgan fingerprint density at radius 2 is 2.29 bits per heavy atom. The maximum Gasteiger partial charge on any atom is 0.132 e. The first-order valence-corrected chi connectivity index (χ1v) is 5.68. The van der Waals surface area contributed by atoms with Gasteiger partial charge in [-0.05, 0) is 13.2 Å². The minimum absolute atomic E-state index is 0.146. The number of likely N-dealkylation sites (N-methyl/N-ethyl adjacent to an activating group) is 1. The zero-order valence-electron chi connectivity index (χ0n) is 8.77. The highest BCUT2D eigenvalue weighted by Crippen LogP contribution is 2.15. The number of anilines is 1. The van der Waals surface area contributed by atoms with Gasteiger partial charge in [0.05, 0.1) is 0 Å². The molecule has 1 unspecified atom stereocenters. The van der Waals surface area contributed by atoms with Crippen LogP contribution in [-0.2, 0) is 0 Å². The maximum absolute atomic E-state index is 5.71. The van der Waals surface area contributed by atoms with Crippen LogP contribution >= 0.6 is 11.8 Å². The van der Waals surface area contributed by atoms with E-state index in [1.165, 1.54) is 0 Å². The molecule has 1 aromatic rings. The average Bonchev–Trinajstić information content (AvgIpc) is 2.17. The van der Waals surface area contributed by atoms with Crippen LogP contribution in [0.1, 0.15) is 6.92 Å². The van der Waals surface area contributed by atoms with Gasteiger partial charge in [-0.1, -0.05) is 0 Å². The summed E-state index contributed by atoms with van der Waals surface area (Å²) in [6, 6.07) is 2.11. The lowest BCUT2D eigenvalue weighted by Crippen LogP contribution is -2.33. The predicted molar refractivity (Wildman–Crippen MR) is 60.7 cm³/mol. The molecule has 0 aliphatic heterocycles. The van der Waals surface area contributed by atoms with Crippen LogP contribution in [0.3, 0.4) is 0 Å². The third-order valence-corrected chi connectivity index (χ3v) is 2.43. The Morgan fingerprint density at radius 3 is 2.86 bits per heavy atom. The molecular weight excluding hydrogens is 196 g/mol. The van der Waals surface area contributed by atoms with Crippen molar-refractivity contribution in [2.75, 3.05) is 24.7 Å². The Morgan fingerprint density at radius 1 is 1.57 bits per heavy atom. The zero-order valence-corrected chi connectivity index (χ0v) is 9.58. The fraction of sp³-hybridized carbons (Fsp3) is 0.556. The molecule has 0 aliphatic carbocycles. The summed E-state index contributed by atoms with van der Waals surface area (Å²) in [6.45, 7) is 2.78. The van der Waals surface area contributed by atoms with E-state index in [1.54, 1.807) is 18.1 Å². The normalized spacial score (nSPS) is 12.6. The molecule has 14 heavy (non-hydrogen) atoms. The Bertz CT molecular complexity index is 290. The second-order valence-corrected chi connectivity index (χ2v) is 4.10. The molecule has 0 bridgehead atoms. The van der Waals surface area contributed by atoms with Gasteiger partial charge in [-0.15, -0.1) is 11.8 Å². The summed E-state index contributed by atoms with van der Waals surface area (Å²) in [5, 5.41) is 0.978. The summed E-state index contributed by atoms with van der Waals surface area (Å²) in [4.78, 5) is 10.3. The average molecular weight is 212 g/mol. The molecule has 0 aliphatic rings. The number of thioether (sulfide) groups is 1. The van der Waals surface area contributed by atoms with Crippen LogP contribution < -0.4 is 10.6 Å². The fourth-order valence-corrected chi connectivity index (χ4v) is 1.55. The van der Waals surface area contributed by atoms with Gasteiger partial charge in [-0.3, -0.25) is 0 Å². The number of hydrogen-bond donors (Lipinski definition) is 1. The van der Waals surface area contributed by atoms with Crippen LogP contribution in [0.4, 0.5) is 5.82 Å². The standard InChI is InChI=1S/C9H16N4S/c1-7(10)5-13(2)8-4-9(14-3)12-6-11-8/h4,6-7H,5,10H2,1-3H3. The third-order valence-electron chi connectivity index (χ3n) is 1.79. The van der Waals surface area contributed by atoms with Gasteiger partial charge in [-0.25, -0.2) is 9.97 Å². The summed E-state index contributed by atoms with van der Waals surface area (Å²) in [5.41, 5.74) is 5.71. The molecule has 0 amide bonds. The lowest BCUT2D eigenvalue weighted by atomic mass is 10.3. The van der Waals surface area contributed by atoms with Gasteiger partial charge in [0.2, 0.25) is 0 Å². The minimum atomic E-state index is 0.146. The first-order chi connectivity index (χ1) is 6.63. The third kappa shape index (κ3) is 3.16. The molecule has 2 N–H and O–H groups in total. The van der Waals surface area contributed by atoms with Crippen molar-refractivity contribution in [1.82, 2.24) is 9.97 Å². The van der Waals surface area contributed by atoms with Crippen molar-refractivity contribution in [3.05, 3.63) is 12.4 Å². The second-order valence-electron chi connectivity index (χ2n) is 3.28. The van der Waals surface area contributed by atoms with Crippen molar-refractivity contribution >= 4 is 17.6 Å². The van der Waals surface area contributed by atoms with Crippen molar-refractivity contribution in [1.29, 1.82) is 0 Å². The molecule has 0 spiro atoms. The molecule has 5 heteroatoms. The van der Waals surface area contributed by atoms with E-state index in [2.05, 4.69) is 9.97 Å². The Kier molecular flexibility index (Phi) is 4.16. The number of nitrogens with two attached hydrogens (primary N) is 1. The van der Waals surface area contributed by atoms with E-state index >= 15 is 0 Å². The molecule has 1 heterocycles. The number of nitrogens with zero attached hydrogens (tertiary/aromatic N) is 3. The van der Waals surface area contributed by atoms with Gasteiger partial charge in [0.25, 0.3) is 0 Å². The van der Waals surface area contributed by atoms with E-state index in [9.17, 15) is 0 Å².